The molecule has 0 aliphatic rings. The average molecular weight is 248 g/mol. The molecule has 0 unspecified atom stereocenters. The number of nitrogens with one attached hydrogen (secondary N) is 1. The Labute approximate surface area is 104 Å². The van der Waals surface area contributed by atoms with Crippen LogP contribution in [0.3, 0.4) is 0 Å². The summed E-state index contributed by atoms with van der Waals surface area (Å²) in [6, 6.07) is -0.213. The van der Waals surface area contributed by atoms with E-state index in [9.17, 15) is 9.59 Å². The van der Waals surface area contributed by atoms with E-state index >= 15 is 0 Å². The van der Waals surface area contributed by atoms with E-state index in [-0.39, 0.29) is 23.1 Å². The van der Waals surface area contributed by atoms with Gasteiger partial charge in [-0.25, -0.2) is 14.8 Å². The maximum atomic E-state index is 12.2. The van der Waals surface area contributed by atoms with Gasteiger partial charge in [0, 0.05) is 6.04 Å². The second kappa shape index (κ2) is 4.36. The highest BCUT2D eigenvalue weighted by Crippen LogP contribution is 2.11. The standard InChI is InChI=1S/C12H16N4O2/c1-6(2)8-5-13-10-9(14-8)11(17)16(7(3)4)12(18)15-10/h5-7H,1-4H3,(H,13,15,18). The van der Waals surface area contributed by atoms with E-state index in [2.05, 4.69) is 15.0 Å². The molecule has 2 rings (SSSR count). The van der Waals surface area contributed by atoms with Gasteiger partial charge in [0.05, 0.1) is 11.9 Å². The minimum atomic E-state index is -0.450. The number of rotatable bonds is 2. The van der Waals surface area contributed by atoms with Crippen LogP contribution in [0.25, 0.3) is 11.2 Å². The highest BCUT2D eigenvalue weighted by atomic mass is 16.2. The number of aromatic amines is 1. The molecular formula is C12H16N4O2. The van der Waals surface area contributed by atoms with E-state index in [0.29, 0.717) is 0 Å². The maximum absolute atomic E-state index is 12.2. The molecule has 18 heavy (non-hydrogen) atoms. The van der Waals surface area contributed by atoms with Gasteiger partial charge in [-0.1, -0.05) is 13.8 Å². The first-order chi connectivity index (χ1) is 8.41. The molecular weight excluding hydrogens is 232 g/mol. The Kier molecular flexibility index (Phi) is 3.02. The predicted molar refractivity (Wildman–Crippen MR) is 68.9 cm³/mol. The fourth-order valence-corrected chi connectivity index (χ4v) is 1.76. The zero-order valence-electron chi connectivity index (χ0n) is 10.9. The Morgan fingerprint density at radius 3 is 2.44 bits per heavy atom. The molecule has 6 heteroatoms. The van der Waals surface area contributed by atoms with Gasteiger partial charge >= 0.3 is 5.69 Å². The second-order valence-electron chi connectivity index (χ2n) is 4.85. The normalized spacial score (nSPS) is 11.7. The third-order valence-electron chi connectivity index (χ3n) is 2.76. The first kappa shape index (κ1) is 12.5. The van der Waals surface area contributed by atoms with Crippen molar-refractivity contribution in [3.63, 3.8) is 0 Å². The lowest BCUT2D eigenvalue weighted by molar-refractivity contribution is 0.550. The van der Waals surface area contributed by atoms with Crippen molar-refractivity contribution < 1.29 is 0 Å². The van der Waals surface area contributed by atoms with Gasteiger partial charge in [-0.2, -0.15) is 0 Å². The van der Waals surface area contributed by atoms with Gasteiger partial charge in [0.2, 0.25) is 0 Å². The lowest BCUT2D eigenvalue weighted by Crippen LogP contribution is -2.37. The van der Waals surface area contributed by atoms with Crippen LogP contribution in [0.2, 0.25) is 0 Å². The number of H-pyrrole nitrogens is 1. The summed E-state index contributed by atoms with van der Waals surface area (Å²) in [6.07, 6.45) is 1.59. The lowest BCUT2D eigenvalue weighted by atomic mass is 10.1. The molecule has 2 heterocycles. The smallest absolute Gasteiger partial charge is 0.290 e. The van der Waals surface area contributed by atoms with Crippen molar-refractivity contribution in [3.05, 3.63) is 32.7 Å². The van der Waals surface area contributed by atoms with E-state index in [1.807, 2.05) is 13.8 Å². The van der Waals surface area contributed by atoms with Gasteiger partial charge < -0.3 is 0 Å². The van der Waals surface area contributed by atoms with Crippen LogP contribution in [-0.4, -0.2) is 19.5 Å². The average Bonchev–Trinajstić information content (AvgIpc) is 2.27. The number of hydrogen-bond acceptors (Lipinski definition) is 4. The number of aromatic nitrogens is 4. The molecule has 6 nitrogen and oxygen atoms in total. The molecule has 0 aliphatic heterocycles. The fraction of sp³-hybridized carbons (Fsp3) is 0.500. The van der Waals surface area contributed by atoms with Crippen molar-refractivity contribution in [1.29, 1.82) is 0 Å². The van der Waals surface area contributed by atoms with Crippen molar-refractivity contribution in [1.82, 2.24) is 19.5 Å². The molecule has 0 saturated heterocycles. The van der Waals surface area contributed by atoms with Crippen LogP contribution in [-0.2, 0) is 0 Å². The van der Waals surface area contributed by atoms with Crippen molar-refractivity contribution in [3.8, 4) is 0 Å². The zero-order valence-corrected chi connectivity index (χ0v) is 10.9. The first-order valence-corrected chi connectivity index (χ1v) is 5.93. The molecule has 0 aromatic carbocycles. The number of nitrogens with zero attached hydrogens (tertiary/aromatic N) is 3. The Bertz CT molecular complexity index is 697. The molecule has 2 aromatic rings. The Balaban J connectivity index is 2.86. The molecule has 0 amide bonds. The minimum absolute atomic E-state index is 0.181. The van der Waals surface area contributed by atoms with Gasteiger partial charge in [0.1, 0.15) is 0 Å². The molecule has 0 spiro atoms. The molecule has 0 aliphatic carbocycles. The number of fused-ring (bicyclic) bond motifs is 1. The monoisotopic (exact) mass is 248 g/mol. The van der Waals surface area contributed by atoms with E-state index in [1.54, 1.807) is 20.0 Å². The molecule has 96 valence electrons. The summed E-state index contributed by atoms with van der Waals surface area (Å²) < 4.78 is 1.15. The Morgan fingerprint density at radius 2 is 1.89 bits per heavy atom. The van der Waals surface area contributed by atoms with Crippen LogP contribution in [0, 0.1) is 0 Å². The molecule has 2 aromatic heterocycles. The van der Waals surface area contributed by atoms with Crippen molar-refractivity contribution >= 4 is 11.2 Å². The third kappa shape index (κ3) is 1.94. The largest absolute Gasteiger partial charge is 0.330 e. The van der Waals surface area contributed by atoms with Crippen molar-refractivity contribution in [2.24, 2.45) is 0 Å². The molecule has 0 fully saturated rings. The summed E-state index contributed by atoms with van der Waals surface area (Å²) in [6.45, 7) is 7.51. The molecule has 1 N–H and O–H groups in total. The minimum Gasteiger partial charge on any atom is -0.290 e. The molecule has 0 bridgehead atoms. The molecule has 0 radical (unpaired) electrons. The first-order valence-electron chi connectivity index (χ1n) is 5.93. The summed E-state index contributed by atoms with van der Waals surface area (Å²) in [7, 11) is 0. The zero-order chi connectivity index (χ0) is 13.4. The summed E-state index contributed by atoms with van der Waals surface area (Å²) in [4.78, 5) is 34.9. The van der Waals surface area contributed by atoms with Crippen LogP contribution < -0.4 is 11.2 Å². The van der Waals surface area contributed by atoms with Gasteiger partial charge in [-0.3, -0.25) is 14.3 Å². The Hall–Kier alpha value is -1.98. The van der Waals surface area contributed by atoms with Crippen LogP contribution in [0.1, 0.15) is 45.3 Å². The maximum Gasteiger partial charge on any atom is 0.330 e. The van der Waals surface area contributed by atoms with Crippen LogP contribution >= 0.6 is 0 Å². The van der Waals surface area contributed by atoms with Crippen LogP contribution in [0.4, 0.5) is 0 Å². The summed E-state index contributed by atoms with van der Waals surface area (Å²) in [5.41, 5.74) is 0.357. The van der Waals surface area contributed by atoms with Crippen LogP contribution in [0.15, 0.2) is 15.8 Å². The van der Waals surface area contributed by atoms with Gasteiger partial charge in [0.25, 0.3) is 5.56 Å². The molecule has 0 saturated carbocycles. The van der Waals surface area contributed by atoms with Crippen LogP contribution in [0.5, 0.6) is 0 Å². The molecule has 0 atom stereocenters. The van der Waals surface area contributed by atoms with Gasteiger partial charge in [-0.15, -0.1) is 0 Å². The van der Waals surface area contributed by atoms with E-state index in [0.717, 1.165) is 10.3 Å². The predicted octanol–water partition coefficient (Wildman–Crippen LogP) is 1.18. The van der Waals surface area contributed by atoms with Gasteiger partial charge in [-0.05, 0) is 19.8 Å². The summed E-state index contributed by atoms with van der Waals surface area (Å²) in [5, 5.41) is 0. The second-order valence-corrected chi connectivity index (χ2v) is 4.85. The van der Waals surface area contributed by atoms with E-state index < -0.39 is 11.2 Å². The highest BCUT2D eigenvalue weighted by Gasteiger charge is 2.13. The fourth-order valence-electron chi connectivity index (χ4n) is 1.76. The summed E-state index contributed by atoms with van der Waals surface area (Å²) >= 11 is 0. The lowest BCUT2D eigenvalue weighted by Gasteiger charge is -2.10. The number of hydrogen-bond donors (Lipinski definition) is 1. The van der Waals surface area contributed by atoms with Crippen molar-refractivity contribution in [2.45, 2.75) is 39.7 Å². The van der Waals surface area contributed by atoms with E-state index in [1.165, 1.54) is 0 Å². The van der Waals surface area contributed by atoms with Gasteiger partial charge in [0.15, 0.2) is 11.2 Å². The topological polar surface area (TPSA) is 80.6 Å². The SMILES string of the molecule is CC(C)c1cnc2[nH]c(=O)n(C(C)C)c(=O)c2n1. The highest BCUT2D eigenvalue weighted by molar-refractivity contribution is 5.67. The third-order valence-corrected chi connectivity index (χ3v) is 2.76. The Morgan fingerprint density at radius 1 is 1.22 bits per heavy atom. The van der Waals surface area contributed by atoms with E-state index in [4.69, 9.17) is 0 Å². The summed E-state index contributed by atoms with van der Waals surface area (Å²) in [5.74, 6) is 0.181. The quantitative estimate of drug-likeness (QED) is 0.865. The van der Waals surface area contributed by atoms with Crippen molar-refractivity contribution in [2.75, 3.05) is 0 Å².